The first-order valence-electron chi connectivity index (χ1n) is 8.14. The molecule has 1 aromatic rings. The fraction of sp³-hybridized carbons (Fsp3) is 0.579. The molecule has 0 radical (unpaired) electrons. The topological polar surface area (TPSA) is 56.7 Å². The first kappa shape index (κ1) is 20.7. The van der Waals surface area contributed by atoms with Crippen LogP contribution in [0.1, 0.15) is 52.0 Å². The summed E-state index contributed by atoms with van der Waals surface area (Å²) in [6, 6.07) is 7.80. The number of hydrogen-bond acceptors (Lipinski definition) is 3. The van der Waals surface area contributed by atoms with Crippen molar-refractivity contribution in [2.45, 2.75) is 58.0 Å². The highest BCUT2D eigenvalue weighted by Gasteiger charge is 2.36. The number of rotatable bonds is 8. The van der Waals surface area contributed by atoms with Crippen LogP contribution in [0.25, 0.3) is 4.85 Å². The van der Waals surface area contributed by atoms with Crippen LogP contribution in [0.3, 0.4) is 0 Å². The number of halogens is 1. The highest BCUT2D eigenvalue weighted by atomic mass is 79.9. The molecular formula is C19H27BrN2O2. The molecule has 0 saturated heterocycles. The number of nitrogens with zero attached hydrogens (tertiary/aromatic N) is 1. The van der Waals surface area contributed by atoms with Crippen molar-refractivity contribution in [2.75, 3.05) is 7.11 Å². The van der Waals surface area contributed by atoms with Crippen molar-refractivity contribution in [1.29, 1.82) is 0 Å². The summed E-state index contributed by atoms with van der Waals surface area (Å²) in [4.78, 5) is 15.8. The van der Waals surface area contributed by atoms with Crippen LogP contribution in [-0.2, 0) is 14.9 Å². The fourth-order valence-corrected chi connectivity index (χ4v) is 3.20. The van der Waals surface area contributed by atoms with E-state index in [1.54, 1.807) is 0 Å². The lowest BCUT2D eigenvalue weighted by Gasteiger charge is -2.28. The molecule has 0 heterocycles. The highest BCUT2D eigenvalue weighted by molar-refractivity contribution is 9.10. The summed E-state index contributed by atoms with van der Waals surface area (Å²) >= 11 is 3.46. The van der Waals surface area contributed by atoms with E-state index >= 15 is 0 Å². The predicted molar refractivity (Wildman–Crippen MR) is 100 cm³/mol. The third kappa shape index (κ3) is 5.06. The van der Waals surface area contributed by atoms with Gasteiger partial charge in [0.1, 0.15) is 0 Å². The summed E-state index contributed by atoms with van der Waals surface area (Å²) < 4.78 is 5.99. The van der Waals surface area contributed by atoms with Crippen LogP contribution >= 0.6 is 15.9 Å². The molecule has 1 aromatic carbocycles. The lowest BCUT2D eigenvalue weighted by atomic mass is 9.76. The van der Waals surface area contributed by atoms with E-state index in [2.05, 4.69) is 20.8 Å². The van der Waals surface area contributed by atoms with Gasteiger partial charge in [0.15, 0.2) is 0 Å². The van der Waals surface area contributed by atoms with E-state index < -0.39 is 11.6 Å². The molecule has 0 aliphatic heterocycles. The van der Waals surface area contributed by atoms with Crippen LogP contribution < -0.4 is 5.73 Å². The van der Waals surface area contributed by atoms with Gasteiger partial charge in [0.2, 0.25) is 0 Å². The zero-order valence-electron chi connectivity index (χ0n) is 14.9. The lowest BCUT2D eigenvalue weighted by Crippen LogP contribution is -2.35. The van der Waals surface area contributed by atoms with Crippen molar-refractivity contribution >= 4 is 21.9 Å². The summed E-state index contributed by atoms with van der Waals surface area (Å²) in [5.74, 6) is -0.224. The van der Waals surface area contributed by atoms with Gasteiger partial charge >= 0.3 is 5.97 Å². The Morgan fingerprint density at radius 2 is 1.96 bits per heavy atom. The second-order valence-corrected chi connectivity index (χ2v) is 8.02. The Bertz CT molecular complexity index is 610. The van der Waals surface area contributed by atoms with E-state index in [9.17, 15) is 4.79 Å². The second-order valence-electron chi connectivity index (χ2n) is 7.10. The van der Waals surface area contributed by atoms with E-state index in [0.717, 1.165) is 29.3 Å². The Morgan fingerprint density at radius 1 is 1.33 bits per heavy atom. The molecule has 0 saturated carbocycles. The summed E-state index contributed by atoms with van der Waals surface area (Å²) in [6.45, 7) is 13.1. The van der Waals surface area contributed by atoms with E-state index in [-0.39, 0.29) is 11.4 Å². The number of nitrogens with two attached hydrogens (primary N) is 1. The molecule has 0 aromatic heterocycles. The smallest absolute Gasteiger partial charge is 0.315 e. The molecule has 2 atom stereocenters. The maximum Gasteiger partial charge on any atom is 0.315 e. The largest absolute Gasteiger partial charge is 0.468 e. The Kier molecular flexibility index (Phi) is 7.44. The standard InChI is InChI=1S/C19H27BrN2O2/c1-18(2,16(21)22-4)11-6-7-12-19(3,17(23)24-5)14-9-8-10-15(20)13-14/h8-10,13,16H,6-7,11-12,21H2,1-3,5H3. The Morgan fingerprint density at radius 3 is 2.50 bits per heavy atom. The monoisotopic (exact) mass is 394 g/mol. The maximum absolute atomic E-state index is 12.4. The second kappa shape index (κ2) is 8.64. The molecule has 0 amide bonds. The summed E-state index contributed by atoms with van der Waals surface area (Å²) in [5, 5.41) is 0. The average Bonchev–Trinajstić information content (AvgIpc) is 2.56. The summed E-state index contributed by atoms with van der Waals surface area (Å²) in [7, 11) is 1.43. The number of carbonyl (C=O) groups is 1. The molecule has 0 aliphatic carbocycles. The van der Waals surface area contributed by atoms with Crippen molar-refractivity contribution < 1.29 is 9.53 Å². The highest BCUT2D eigenvalue weighted by Crippen LogP contribution is 2.34. The number of ether oxygens (including phenoxy) is 1. The van der Waals surface area contributed by atoms with Crippen LogP contribution in [0.5, 0.6) is 0 Å². The van der Waals surface area contributed by atoms with E-state index in [1.807, 2.05) is 45.0 Å². The van der Waals surface area contributed by atoms with Crippen LogP contribution in [0.15, 0.2) is 28.7 Å². The van der Waals surface area contributed by atoms with Crippen LogP contribution in [0.4, 0.5) is 0 Å². The molecule has 2 N–H and O–H groups in total. The third-order valence-electron chi connectivity index (χ3n) is 4.79. The molecule has 0 bridgehead atoms. The molecule has 0 aliphatic rings. The Labute approximate surface area is 153 Å². The molecular weight excluding hydrogens is 368 g/mol. The van der Waals surface area contributed by atoms with E-state index in [0.29, 0.717) is 6.42 Å². The fourth-order valence-electron chi connectivity index (χ4n) is 2.80. The maximum atomic E-state index is 12.4. The van der Waals surface area contributed by atoms with Gasteiger partial charge in [0.25, 0.3) is 6.17 Å². The minimum absolute atomic E-state index is 0.223. The first-order valence-corrected chi connectivity index (χ1v) is 8.93. The summed E-state index contributed by atoms with van der Waals surface area (Å²) in [5.41, 5.74) is 5.91. The predicted octanol–water partition coefficient (Wildman–Crippen LogP) is 4.67. The third-order valence-corrected chi connectivity index (χ3v) is 5.28. The molecule has 132 valence electrons. The molecule has 0 spiro atoms. The van der Waals surface area contributed by atoms with E-state index in [1.165, 1.54) is 7.11 Å². The molecule has 4 nitrogen and oxygen atoms in total. The number of esters is 1. The minimum atomic E-state index is -0.676. The van der Waals surface area contributed by atoms with Crippen molar-refractivity contribution in [3.63, 3.8) is 0 Å². The summed E-state index contributed by atoms with van der Waals surface area (Å²) in [6.07, 6.45) is 2.84. The number of carbonyl (C=O) groups excluding carboxylic acids is 1. The van der Waals surface area contributed by atoms with Gasteiger partial charge in [0, 0.05) is 4.47 Å². The van der Waals surface area contributed by atoms with Gasteiger partial charge in [0.05, 0.1) is 17.9 Å². The average molecular weight is 395 g/mol. The molecule has 2 unspecified atom stereocenters. The van der Waals surface area contributed by atoms with Gasteiger partial charge in [-0.15, -0.1) is 0 Å². The Hall–Kier alpha value is -1.38. The van der Waals surface area contributed by atoms with E-state index in [4.69, 9.17) is 17.0 Å². The molecule has 5 heteroatoms. The quantitative estimate of drug-likeness (QED) is 0.395. The minimum Gasteiger partial charge on any atom is -0.468 e. The van der Waals surface area contributed by atoms with Crippen molar-refractivity contribution in [1.82, 2.24) is 0 Å². The van der Waals surface area contributed by atoms with Gasteiger partial charge in [-0.2, -0.15) is 0 Å². The van der Waals surface area contributed by atoms with Crippen molar-refractivity contribution in [3.8, 4) is 0 Å². The first-order chi connectivity index (χ1) is 11.2. The Balaban J connectivity index is 2.79. The number of hydrogen-bond donors (Lipinski definition) is 1. The van der Waals surface area contributed by atoms with Crippen molar-refractivity contribution in [2.24, 2.45) is 11.1 Å². The molecule has 0 fully saturated rings. The number of methoxy groups -OCH3 is 1. The van der Waals surface area contributed by atoms with Gasteiger partial charge in [-0.05, 0) is 37.5 Å². The van der Waals surface area contributed by atoms with Crippen LogP contribution in [-0.4, -0.2) is 19.2 Å². The van der Waals surface area contributed by atoms with Crippen LogP contribution in [0.2, 0.25) is 0 Å². The lowest BCUT2D eigenvalue weighted by molar-refractivity contribution is -0.147. The van der Waals surface area contributed by atoms with Crippen molar-refractivity contribution in [3.05, 3.63) is 45.7 Å². The van der Waals surface area contributed by atoms with Gasteiger partial charge in [-0.3, -0.25) is 15.4 Å². The van der Waals surface area contributed by atoms with Crippen LogP contribution in [0, 0.1) is 12.0 Å². The normalized spacial score (nSPS) is 15.2. The molecule has 24 heavy (non-hydrogen) atoms. The molecule has 1 rings (SSSR count). The van der Waals surface area contributed by atoms with Gasteiger partial charge in [-0.25, -0.2) is 6.57 Å². The zero-order valence-corrected chi connectivity index (χ0v) is 16.5. The number of benzene rings is 1. The van der Waals surface area contributed by atoms with Gasteiger partial charge < -0.3 is 4.74 Å². The van der Waals surface area contributed by atoms with Gasteiger partial charge in [-0.1, -0.05) is 54.8 Å². The SMILES string of the molecule is [C-]#[N+]C(N)C(C)(C)CCCCC(C)(C(=O)OC)c1cccc(Br)c1. The number of unbranched alkanes of at least 4 members (excludes halogenated alkanes) is 1. The zero-order chi connectivity index (χ0) is 18.4.